The van der Waals surface area contributed by atoms with Crippen molar-refractivity contribution in [2.45, 2.75) is 31.9 Å². The van der Waals surface area contributed by atoms with Gasteiger partial charge in [-0.1, -0.05) is 18.2 Å². The largest absolute Gasteiger partial charge is 0.368 e. The molecule has 2 aliphatic rings. The molecule has 0 saturated carbocycles. The SMILES string of the molecule is CN1CCN(CCCN(Cc2cc3ccccc3n2C)C(=O)C2CCCO2)CC1. The predicted octanol–water partition coefficient (Wildman–Crippen LogP) is 2.32. The van der Waals surface area contributed by atoms with Gasteiger partial charge in [-0.25, -0.2) is 0 Å². The number of aryl methyl sites for hydroxylation is 1. The molecule has 1 unspecified atom stereocenters. The first-order chi connectivity index (χ1) is 14.1. The van der Waals surface area contributed by atoms with Crippen LogP contribution in [0.3, 0.4) is 0 Å². The van der Waals surface area contributed by atoms with Crippen molar-refractivity contribution in [1.29, 1.82) is 0 Å². The molecule has 2 aromatic rings. The summed E-state index contributed by atoms with van der Waals surface area (Å²) in [5, 5.41) is 1.23. The number of fused-ring (bicyclic) bond motifs is 1. The van der Waals surface area contributed by atoms with Crippen LogP contribution in [0.4, 0.5) is 0 Å². The molecule has 1 amide bonds. The van der Waals surface area contributed by atoms with E-state index in [0.29, 0.717) is 13.2 Å². The van der Waals surface area contributed by atoms with E-state index in [1.54, 1.807) is 0 Å². The highest BCUT2D eigenvalue weighted by Gasteiger charge is 2.29. The molecule has 2 aliphatic heterocycles. The number of piperazine rings is 1. The lowest BCUT2D eigenvalue weighted by Crippen LogP contribution is -2.45. The number of carbonyl (C=O) groups excluding carboxylic acids is 1. The molecule has 158 valence electrons. The van der Waals surface area contributed by atoms with E-state index >= 15 is 0 Å². The van der Waals surface area contributed by atoms with Crippen LogP contribution in [0.1, 0.15) is 25.0 Å². The summed E-state index contributed by atoms with van der Waals surface area (Å²) in [4.78, 5) is 20.1. The maximum Gasteiger partial charge on any atom is 0.252 e. The van der Waals surface area contributed by atoms with E-state index < -0.39 is 0 Å². The van der Waals surface area contributed by atoms with Crippen molar-refractivity contribution in [3.63, 3.8) is 0 Å². The molecule has 3 heterocycles. The van der Waals surface area contributed by atoms with E-state index in [4.69, 9.17) is 4.74 Å². The second kappa shape index (κ2) is 9.28. The van der Waals surface area contributed by atoms with Gasteiger partial charge in [0.05, 0.1) is 6.54 Å². The quantitative estimate of drug-likeness (QED) is 0.718. The van der Waals surface area contributed by atoms with Crippen LogP contribution in [0, 0.1) is 0 Å². The number of para-hydroxylation sites is 1. The van der Waals surface area contributed by atoms with Gasteiger partial charge in [-0.2, -0.15) is 0 Å². The Kier molecular flexibility index (Phi) is 6.53. The first kappa shape index (κ1) is 20.4. The summed E-state index contributed by atoms with van der Waals surface area (Å²) < 4.78 is 7.93. The van der Waals surface area contributed by atoms with Gasteiger partial charge in [0, 0.05) is 57.6 Å². The molecule has 29 heavy (non-hydrogen) atoms. The van der Waals surface area contributed by atoms with Crippen LogP contribution in [0.5, 0.6) is 0 Å². The predicted molar refractivity (Wildman–Crippen MR) is 116 cm³/mol. The maximum absolute atomic E-state index is 13.2. The molecule has 1 atom stereocenters. The molecule has 2 saturated heterocycles. The summed E-state index contributed by atoms with van der Waals surface area (Å²) in [6, 6.07) is 10.6. The number of hydrogen-bond acceptors (Lipinski definition) is 4. The third-order valence-electron chi connectivity index (χ3n) is 6.42. The topological polar surface area (TPSA) is 41.0 Å². The summed E-state index contributed by atoms with van der Waals surface area (Å²) in [5.41, 5.74) is 2.39. The zero-order valence-corrected chi connectivity index (χ0v) is 17.8. The Labute approximate surface area is 174 Å². The number of carbonyl (C=O) groups is 1. The smallest absolute Gasteiger partial charge is 0.252 e. The molecule has 0 radical (unpaired) electrons. The van der Waals surface area contributed by atoms with Crippen LogP contribution in [0.25, 0.3) is 10.9 Å². The van der Waals surface area contributed by atoms with Crippen molar-refractivity contribution in [3.05, 3.63) is 36.0 Å². The highest BCUT2D eigenvalue weighted by atomic mass is 16.5. The Hall–Kier alpha value is -1.89. The number of rotatable bonds is 7. The fourth-order valence-electron chi connectivity index (χ4n) is 4.49. The minimum absolute atomic E-state index is 0.158. The minimum Gasteiger partial charge on any atom is -0.368 e. The standard InChI is InChI=1S/C23H34N4O2/c1-24-12-14-26(15-13-24)10-6-11-27(23(28)22-9-5-16-29-22)18-20-17-19-7-3-4-8-21(19)25(20)2/h3-4,7-8,17,22H,5-6,9-16,18H2,1-2H3. The average Bonchev–Trinajstić information content (AvgIpc) is 3.37. The number of aromatic nitrogens is 1. The van der Waals surface area contributed by atoms with Crippen LogP contribution in [-0.4, -0.2) is 84.2 Å². The molecule has 0 bridgehead atoms. The molecular formula is C23H34N4O2. The number of hydrogen-bond donors (Lipinski definition) is 0. The van der Waals surface area contributed by atoms with Crippen LogP contribution in [-0.2, 0) is 23.1 Å². The Morgan fingerprint density at radius 3 is 2.69 bits per heavy atom. The normalized spacial score (nSPS) is 21.1. The van der Waals surface area contributed by atoms with Gasteiger partial charge in [-0.3, -0.25) is 4.79 Å². The molecule has 1 aromatic heterocycles. The fourth-order valence-corrected chi connectivity index (χ4v) is 4.49. The van der Waals surface area contributed by atoms with E-state index in [2.05, 4.69) is 58.8 Å². The van der Waals surface area contributed by atoms with Crippen molar-refractivity contribution in [3.8, 4) is 0 Å². The Morgan fingerprint density at radius 1 is 1.17 bits per heavy atom. The lowest BCUT2D eigenvalue weighted by atomic mass is 10.2. The van der Waals surface area contributed by atoms with Gasteiger partial charge in [-0.15, -0.1) is 0 Å². The summed E-state index contributed by atoms with van der Waals surface area (Å²) in [7, 11) is 4.28. The Morgan fingerprint density at radius 2 is 1.97 bits per heavy atom. The van der Waals surface area contributed by atoms with Crippen LogP contribution < -0.4 is 0 Å². The van der Waals surface area contributed by atoms with Crippen molar-refractivity contribution < 1.29 is 9.53 Å². The second-order valence-electron chi connectivity index (χ2n) is 8.51. The van der Waals surface area contributed by atoms with E-state index in [1.807, 2.05) is 4.90 Å². The van der Waals surface area contributed by atoms with Gasteiger partial charge in [-0.05, 0) is 50.4 Å². The number of amides is 1. The number of ether oxygens (including phenoxy) is 1. The third kappa shape index (κ3) is 4.82. The Balaban J connectivity index is 1.42. The third-order valence-corrected chi connectivity index (χ3v) is 6.42. The molecule has 1 aromatic carbocycles. The minimum atomic E-state index is -0.256. The average molecular weight is 399 g/mol. The summed E-state index contributed by atoms with van der Waals surface area (Å²) in [5.74, 6) is 0.158. The monoisotopic (exact) mass is 398 g/mol. The maximum atomic E-state index is 13.2. The summed E-state index contributed by atoms with van der Waals surface area (Å²) >= 11 is 0. The second-order valence-corrected chi connectivity index (χ2v) is 8.51. The molecule has 0 aliphatic carbocycles. The number of likely N-dealkylation sites (N-methyl/N-ethyl adjacent to an activating group) is 1. The van der Waals surface area contributed by atoms with E-state index in [9.17, 15) is 4.79 Å². The van der Waals surface area contributed by atoms with Gasteiger partial charge in [0.1, 0.15) is 6.10 Å². The first-order valence-electron chi connectivity index (χ1n) is 11.0. The first-order valence-corrected chi connectivity index (χ1v) is 11.0. The fraction of sp³-hybridized carbons (Fsp3) is 0.609. The van der Waals surface area contributed by atoms with Crippen LogP contribution >= 0.6 is 0 Å². The van der Waals surface area contributed by atoms with Gasteiger partial charge in [0.15, 0.2) is 0 Å². The molecule has 6 heteroatoms. The molecule has 0 spiro atoms. The summed E-state index contributed by atoms with van der Waals surface area (Å²) in [6.07, 6.45) is 2.59. The van der Waals surface area contributed by atoms with Gasteiger partial charge >= 0.3 is 0 Å². The van der Waals surface area contributed by atoms with Crippen molar-refractivity contribution in [2.75, 3.05) is 52.9 Å². The van der Waals surface area contributed by atoms with Crippen molar-refractivity contribution in [2.24, 2.45) is 7.05 Å². The molecular weight excluding hydrogens is 364 g/mol. The zero-order valence-electron chi connectivity index (χ0n) is 17.8. The van der Waals surface area contributed by atoms with E-state index in [0.717, 1.165) is 58.5 Å². The van der Waals surface area contributed by atoms with Gasteiger partial charge < -0.3 is 24.0 Å². The highest BCUT2D eigenvalue weighted by Crippen LogP contribution is 2.22. The lowest BCUT2D eigenvalue weighted by Gasteiger charge is -2.33. The van der Waals surface area contributed by atoms with Crippen molar-refractivity contribution >= 4 is 16.8 Å². The molecule has 4 rings (SSSR count). The molecule has 0 N–H and O–H groups in total. The molecule has 2 fully saturated rings. The van der Waals surface area contributed by atoms with Crippen molar-refractivity contribution in [1.82, 2.24) is 19.3 Å². The lowest BCUT2D eigenvalue weighted by molar-refractivity contribution is -0.141. The Bertz CT molecular complexity index is 819. The summed E-state index contributed by atoms with van der Waals surface area (Å²) in [6.45, 7) is 7.71. The van der Waals surface area contributed by atoms with E-state index in [-0.39, 0.29) is 12.0 Å². The van der Waals surface area contributed by atoms with Gasteiger partial charge in [0.2, 0.25) is 0 Å². The van der Waals surface area contributed by atoms with E-state index in [1.165, 1.54) is 16.6 Å². The molecule has 6 nitrogen and oxygen atoms in total. The van der Waals surface area contributed by atoms with Crippen LogP contribution in [0.2, 0.25) is 0 Å². The number of nitrogens with zero attached hydrogens (tertiary/aromatic N) is 4. The van der Waals surface area contributed by atoms with Gasteiger partial charge in [0.25, 0.3) is 5.91 Å². The zero-order chi connectivity index (χ0) is 20.2. The highest BCUT2D eigenvalue weighted by molar-refractivity contribution is 5.83. The van der Waals surface area contributed by atoms with Crippen LogP contribution in [0.15, 0.2) is 30.3 Å². The number of benzene rings is 1.